The summed E-state index contributed by atoms with van der Waals surface area (Å²) in [7, 11) is 1.55. The van der Waals surface area contributed by atoms with Gasteiger partial charge < -0.3 is 14.8 Å². The predicted octanol–water partition coefficient (Wildman–Crippen LogP) is 4.08. The van der Waals surface area contributed by atoms with Crippen LogP contribution in [0.15, 0.2) is 22.7 Å². The van der Waals surface area contributed by atoms with Crippen LogP contribution in [0.4, 0.5) is 13.2 Å². The molecule has 1 aromatic rings. The van der Waals surface area contributed by atoms with Crippen molar-refractivity contribution in [3.63, 3.8) is 0 Å². The maximum atomic E-state index is 13.1. The lowest BCUT2D eigenvalue weighted by Gasteiger charge is -2.22. The molecule has 0 aliphatic heterocycles. The van der Waals surface area contributed by atoms with Crippen molar-refractivity contribution in [3.05, 3.63) is 28.2 Å². The molecule has 0 amide bonds. The van der Waals surface area contributed by atoms with Crippen LogP contribution >= 0.6 is 15.9 Å². The molecule has 0 radical (unpaired) electrons. The largest absolute Gasteiger partial charge is 0.490 e. The van der Waals surface area contributed by atoms with Crippen molar-refractivity contribution in [1.29, 1.82) is 0 Å². The number of nitrogens with one attached hydrogen (secondary N) is 1. The number of rotatable bonds is 8. The van der Waals surface area contributed by atoms with Crippen molar-refractivity contribution < 1.29 is 22.6 Å². The molecule has 120 valence electrons. The van der Waals surface area contributed by atoms with E-state index in [1.165, 1.54) is 18.2 Å². The number of alkyl halides is 3. The van der Waals surface area contributed by atoms with Gasteiger partial charge in [0, 0.05) is 7.11 Å². The molecule has 0 aromatic heterocycles. The number of hydrogen-bond donors (Lipinski definition) is 1. The van der Waals surface area contributed by atoms with E-state index in [2.05, 4.69) is 21.2 Å². The summed E-state index contributed by atoms with van der Waals surface area (Å²) in [4.78, 5) is 0. The van der Waals surface area contributed by atoms with Crippen LogP contribution in [-0.2, 0) is 4.74 Å². The van der Waals surface area contributed by atoms with Crippen LogP contribution in [-0.4, -0.2) is 33.0 Å². The molecule has 1 aromatic carbocycles. The Labute approximate surface area is 130 Å². The molecule has 0 spiro atoms. The van der Waals surface area contributed by atoms with Gasteiger partial charge in [-0.1, -0.05) is 13.0 Å². The van der Waals surface area contributed by atoms with E-state index in [1.807, 2.05) is 6.92 Å². The van der Waals surface area contributed by atoms with Gasteiger partial charge in [-0.05, 0) is 46.6 Å². The topological polar surface area (TPSA) is 30.5 Å². The SMILES string of the molecule is CCCNC(c1ccc(OCCOC)c(Br)c1)C(F)(F)F. The van der Waals surface area contributed by atoms with Crippen LogP contribution in [0.1, 0.15) is 24.9 Å². The summed E-state index contributed by atoms with van der Waals surface area (Å²) in [5, 5.41) is 2.52. The Morgan fingerprint density at radius 2 is 2.00 bits per heavy atom. The zero-order valence-electron chi connectivity index (χ0n) is 12.0. The summed E-state index contributed by atoms with van der Waals surface area (Å²) in [5.74, 6) is 0.493. The minimum atomic E-state index is -4.34. The third kappa shape index (κ3) is 5.84. The third-order valence-corrected chi connectivity index (χ3v) is 3.38. The maximum absolute atomic E-state index is 13.1. The lowest BCUT2D eigenvalue weighted by atomic mass is 10.1. The molecule has 0 saturated heterocycles. The van der Waals surface area contributed by atoms with Gasteiger partial charge in [0.05, 0.1) is 11.1 Å². The Morgan fingerprint density at radius 3 is 2.52 bits per heavy atom. The normalized spacial score (nSPS) is 13.2. The molecule has 0 aliphatic carbocycles. The number of halogens is 4. The average Bonchev–Trinajstić information content (AvgIpc) is 2.40. The Hall–Kier alpha value is -0.790. The monoisotopic (exact) mass is 369 g/mol. The summed E-state index contributed by atoms with van der Waals surface area (Å²) < 4.78 is 50.0. The van der Waals surface area contributed by atoms with Crippen LogP contribution in [0.3, 0.4) is 0 Å². The van der Waals surface area contributed by atoms with Gasteiger partial charge in [0.1, 0.15) is 18.4 Å². The Bertz CT molecular complexity index is 441. The second-order valence-electron chi connectivity index (χ2n) is 4.46. The number of methoxy groups -OCH3 is 1. The van der Waals surface area contributed by atoms with Gasteiger partial charge in [0.25, 0.3) is 0 Å². The second kappa shape index (κ2) is 8.60. The molecule has 1 unspecified atom stereocenters. The van der Waals surface area contributed by atoms with Gasteiger partial charge in [-0.2, -0.15) is 13.2 Å². The highest BCUT2D eigenvalue weighted by atomic mass is 79.9. The molecule has 0 aliphatic rings. The summed E-state index contributed by atoms with van der Waals surface area (Å²) in [5.41, 5.74) is 0.155. The number of benzene rings is 1. The van der Waals surface area contributed by atoms with Crippen molar-refractivity contribution in [2.45, 2.75) is 25.6 Å². The maximum Gasteiger partial charge on any atom is 0.407 e. The van der Waals surface area contributed by atoms with Gasteiger partial charge in [-0.15, -0.1) is 0 Å². The van der Waals surface area contributed by atoms with Crippen LogP contribution in [0.2, 0.25) is 0 Å². The van der Waals surface area contributed by atoms with E-state index >= 15 is 0 Å². The fraction of sp³-hybridized carbons (Fsp3) is 0.571. The lowest BCUT2D eigenvalue weighted by molar-refractivity contribution is -0.157. The summed E-state index contributed by atoms with van der Waals surface area (Å²) >= 11 is 3.24. The number of hydrogen-bond acceptors (Lipinski definition) is 3. The quantitative estimate of drug-likeness (QED) is 0.700. The first-order valence-electron chi connectivity index (χ1n) is 6.61. The van der Waals surface area contributed by atoms with E-state index in [-0.39, 0.29) is 5.56 Å². The highest BCUT2D eigenvalue weighted by Gasteiger charge is 2.40. The van der Waals surface area contributed by atoms with Gasteiger partial charge in [0.15, 0.2) is 0 Å². The van der Waals surface area contributed by atoms with Crippen LogP contribution < -0.4 is 10.1 Å². The van der Waals surface area contributed by atoms with E-state index in [0.29, 0.717) is 36.4 Å². The van der Waals surface area contributed by atoms with Crippen LogP contribution in [0, 0.1) is 0 Å². The fourth-order valence-corrected chi connectivity index (χ4v) is 2.27. The summed E-state index contributed by atoms with van der Waals surface area (Å²) in [6, 6.07) is 2.71. The Kier molecular flexibility index (Phi) is 7.48. The van der Waals surface area contributed by atoms with Crippen molar-refractivity contribution in [2.75, 3.05) is 26.9 Å². The minimum Gasteiger partial charge on any atom is -0.490 e. The molecule has 0 bridgehead atoms. The highest BCUT2D eigenvalue weighted by Crippen LogP contribution is 2.36. The minimum absolute atomic E-state index is 0.155. The van der Waals surface area contributed by atoms with Gasteiger partial charge in [0.2, 0.25) is 0 Å². The standard InChI is InChI=1S/C14H19BrF3NO2/c1-3-6-19-13(14(16,17)18)10-4-5-12(11(15)9-10)21-8-7-20-2/h4-5,9,13,19H,3,6-8H2,1-2H3. The first kappa shape index (κ1) is 18.3. The zero-order valence-corrected chi connectivity index (χ0v) is 13.6. The molecule has 7 heteroatoms. The van der Waals surface area contributed by atoms with Gasteiger partial charge >= 0.3 is 6.18 Å². The van der Waals surface area contributed by atoms with Gasteiger partial charge in [-0.3, -0.25) is 0 Å². The van der Waals surface area contributed by atoms with Crippen LogP contribution in [0.25, 0.3) is 0 Å². The molecule has 1 rings (SSSR count). The average molecular weight is 370 g/mol. The molecule has 1 atom stereocenters. The van der Waals surface area contributed by atoms with Crippen molar-refractivity contribution in [3.8, 4) is 5.75 Å². The highest BCUT2D eigenvalue weighted by molar-refractivity contribution is 9.10. The molecular weight excluding hydrogens is 351 g/mol. The van der Waals surface area contributed by atoms with Crippen LogP contribution in [0.5, 0.6) is 5.75 Å². The first-order chi connectivity index (χ1) is 9.90. The fourth-order valence-electron chi connectivity index (χ4n) is 1.76. The zero-order chi connectivity index (χ0) is 15.9. The first-order valence-corrected chi connectivity index (χ1v) is 7.40. The molecule has 0 heterocycles. The molecule has 0 fully saturated rings. The smallest absolute Gasteiger partial charge is 0.407 e. The Balaban J connectivity index is 2.87. The predicted molar refractivity (Wildman–Crippen MR) is 78.6 cm³/mol. The number of ether oxygens (including phenoxy) is 2. The third-order valence-electron chi connectivity index (χ3n) is 2.76. The van der Waals surface area contributed by atoms with Crippen molar-refractivity contribution >= 4 is 15.9 Å². The van der Waals surface area contributed by atoms with E-state index in [9.17, 15) is 13.2 Å². The van der Waals surface area contributed by atoms with E-state index in [0.717, 1.165) is 0 Å². The molecule has 3 nitrogen and oxygen atoms in total. The second-order valence-corrected chi connectivity index (χ2v) is 5.31. The molecule has 0 saturated carbocycles. The molecule has 21 heavy (non-hydrogen) atoms. The van der Waals surface area contributed by atoms with E-state index in [4.69, 9.17) is 9.47 Å². The van der Waals surface area contributed by atoms with E-state index < -0.39 is 12.2 Å². The van der Waals surface area contributed by atoms with Crippen molar-refractivity contribution in [2.24, 2.45) is 0 Å². The van der Waals surface area contributed by atoms with E-state index in [1.54, 1.807) is 7.11 Å². The molecular formula is C14H19BrF3NO2. The van der Waals surface area contributed by atoms with Gasteiger partial charge in [-0.25, -0.2) is 0 Å². The van der Waals surface area contributed by atoms with Crippen molar-refractivity contribution in [1.82, 2.24) is 5.32 Å². The summed E-state index contributed by atoms with van der Waals surface area (Å²) in [6.45, 7) is 2.87. The Morgan fingerprint density at radius 1 is 1.29 bits per heavy atom. The summed E-state index contributed by atoms with van der Waals surface area (Å²) in [6.07, 6.45) is -3.71. The lowest BCUT2D eigenvalue weighted by Crippen LogP contribution is -2.34. The molecule has 1 N–H and O–H groups in total.